The minimum Gasteiger partial charge on any atom is -0.384 e. The predicted molar refractivity (Wildman–Crippen MR) is 66.2 cm³/mol. The van der Waals surface area contributed by atoms with Crippen LogP contribution < -0.4 is 11.1 Å². The molecule has 80 valence electrons. The van der Waals surface area contributed by atoms with Gasteiger partial charge in [-0.25, -0.2) is 0 Å². The van der Waals surface area contributed by atoms with Gasteiger partial charge in [0.05, 0.1) is 0 Å². The molecule has 0 saturated carbocycles. The summed E-state index contributed by atoms with van der Waals surface area (Å²) in [5.74, 6) is 0.506. The lowest BCUT2D eigenvalue weighted by atomic mass is 10.1. The molecule has 0 atom stereocenters. The molecule has 0 spiro atoms. The first-order chi connectivity index (χ1) is 7.13. The van der Waals surface area contributed by atoms with Crippen molar-refractivity contribution in [1.82, 2.24) is 0 Å². The number of anilines is 1. The number of aryl methyl sites for hydroxylation is 2. The molecule has 0 aliphatic rings. The van der Waals surface area contributed by atoms with Crippen molar-refractivity contribution in [2.45, 2.75) is 13.8 Å². The second-order valence-electron chi connectivity index (χ2n) is 3.43. The fourth-order valence-corrected chi connectivity index (χ4v) is 1.13. The molecule has 0 fully saturated rings. The molecule has 0 aliphatic heterocycles. The summed E-state index contributed by atoms with van der Waals surface area (Å²) in [5, 5.41) is 3.14. The Hall–Kier alpha value is -1.77. The molecule has 0 aromatic heterocycles. The van der Waals surface area contributed by atoms with Crippen LogP contribution >= 0.6 is 0 Å². The number of nitrogens with zero attached hydrogens (tertiary/aromatic N) is 1. The third-order valence-electron chi connectivity index (χ3n) is 2.27. The molecule has 0 saturated heterocycles. The Labute approximate surface area is 90.7 Å². The zero-order valence-electron chi connectivity index (χ0n) is 9.41. The first kappa shape index (κ1) is 11.3. The molecule has 0 bridgehead atoms. The van der Waals surface area contributed by atoms with Gasteiger partial charge in [0.25, 0.3) is 0 Å². The van der Waals surface area contributed by atoms with Crippen LogP contribution in [0.2, 0.25) is 0 Å². The van der Waals surface area contributed by atoms with Crippen LogP contribution in [-0.2, 0) is 0 Å². The Kier molecular flexibility index (Phi) is 3.92. The van der Waals surface area contributed by atoms with Crippen LogP contribution in [0.15, 0.2) is 35.5 Å². The van der Waals surface area contributed by atoms with Crippen molar-refractivity contribution in [1.29, 1.82) is 0 Å². The summed E-state index contributed by atoms with van der Waals surface area (Å²) >= 11 is 0. The highest BCUT2D eigenvalue weighted by molar-refractivity contribution is 5.91. The molecule has 0 aliphatic carbocycles. The van der Waals surface area contributed by atoms with E-state index in [2.05, 4.69) is 36.3 Å². The Morgan fingerprint density at radius 3 is 2.67 bits per heavy atom. The van der Waals surface area contributed by atoms with E-state index in [1.807, 2.05) is 6.07 Å². The van der Waals surface area contributed by atoms with Gasteiger partial charge in [-0.3, -0.25) is 4.99 Å². The molecule has 0 unspecified atom stereocenters. The summed E-state index contributed by atoms with van der Waals surface area (Å²) in [6, 6.07) is 6.22. The zero-order valence-corrected chi connectivity index (χ0v) is 9.41. The first-order valence-electron chi connectivity index (χ1n) is 4.86. The van der Waals surface area contributed by atoms with E-state index in [0.29, 0.717) is 5.84 Å². The van der Waals surface area contributed by atoms with Gasteiger partial charge in [-0.1, -0.05) is 6.07 Å². The molecular formula is C12H17N3. The first-order valence-corrected chi connectivity index (χ1v) is 4.86. The highest BCUT2D eigenvalue weighted by Gasteiger charge is 1.93. The monoisotopic (exact) mass is 203 g/mol. The molecule has 3 nitrogen and oxygen atoms in total. The second kappa shape index (κ2) is 5.20. The van der Waals surface area contributed by atoms with Gasteiger partial charge in [0, 0.05) is 18.9 Å². The molecule has 1 rings (SSSR count). The molecule has 0 heterocycles. The minimum atomic E-state index is 0.506. The number of benzene rings is 1. The summed E-state index contributed by atoms with van der Waals surface area (Å²) in [7, 11) is 1.66. The highest BCUT2D eigenvalue weighted by atomic mass is 14.9. The maximum absolute atomic E-state index is 5.51. The van der Waals surface area contributed by atoms with Crippen molar-refractivity contribution >= 4 is 11.5 Å². The van der Waals surface area contributed by atoms with Crippen LogP contribution in [0.3, 0.4) is 0 Å². The van der Waals surface area contributed by atoms with Crippen molar-refractivity contribution in [2.75, 3.05) is 12.4 Å². The Morgan fingerprint density at radius 2 is 2.07 bits per heavy atom. The van der Waals surface area contributed by atoms with Gasteiger partial charge in [0.1, 0.15) is 5.84 Å². The van der Waals surface area contributed by atoms with Crippen molar-refractivity contribution < 1.29 is 0 Å². The fourth-order valence-electron chi connectivity index (χ4n) is 1.13. The lowest BCUT2D eigenvalue weighted by Crippen LogP contribution is -2.07. The van der Waals surface area contributed by atoms with Crippen LogP contribution in [0.4, 0.5) is 5.69 Å². The van der Waals surface area contributed by atoms with Gasteiger partial charge in [-0.05, 0) is 43.2 Å². The van der Waals surface area contributed by atoms with E-state index in [0.717, 1.165) is 5.69 Å². The zero-order chi connectivity index (χ0) is 11.3. The van der Waals surface area contributed by atoms with Gasteiger partial charge in [-0.15, -0.1) is 0 Å². The summed E-state index contributed by atoms with van der Waals surface area (Å²) in [4.78, 5) is 3.82. The number of rotatable bonds is 3. The fraction of sp³-hybridized carbons (Fsp3) is 0.250. The Morgan fingerprint density at radius 1 is 1.33 bits per heavy atom. The summed E-state index contributed by atoms with van der Waals surface area (Å²) < 4.78 is 0. The van der Waals surface area contributed by atoms with E-state index in [4.69, 9.17) is 5.73 Å². The highest BCUT2D eigenvalue weighted by Crippen LogP contribution is 2.13. The molecule has 3 heteroatoms. The molecule has 15 heavy (non-hydrogen) atoms. The van der Waals surface area contributed by atoms with E-state index >= 15 is 0 Å². The smallest absolute Gasteiger partial charge is 0.119 e. The summed E-state index contributed by atoms with van der Waals surface area (Å²) in [6.07, 6.45) is 3.52. The van der Waals surface area contributed by atoms with Gasteiger partial charge >= 0.3 is 0 Å². The molecule has 0 amide bonds. The molecular weight excluding hydrogens is 186 g/mol. The number of aliphatic imine (C=N–C) groups is 1. The van der Waals surface area contributed by atoms with Crippen molar-refractivity contribution in [2.24, 2.45) is 10.7 Å². The average Bonchev–Trinajstić information content (AvgIpc) is 2.23. The van der Waals surface area contributed by atoms with Gasteiger partial charge in [-0.2, -0.15) is 0 Å². The van der Waals surface area contributed by atoms with Crippen LogP contribution in [0, 0.1) is 13.8 Å². The molecule has 1 aromatic carbocycles. The maximum atomic E-state index is 5.51. The van der Waals surface area contributed by atoms with Crippen molar-refractivity contribution in [3.05, 3.63) is 41.6 Å². The van der Waals surface area contributed by atoms with Crippen LogP contribution in [0.1, 0.15) is 11.1 Å². The predicted octanol–water partition coefficient (Wildman–Crippen LogP) is 2.22. The van der Waals surface area contributed by atoms with Gasteiger partial charge < -0.3 is 11.1 Å². The molecule has 0 radical (unpaired) electrons. The van der Waals surface area contributed by atoms with E-state index in [1.54, 1.807) is 19.3 Å². The number of nitrogens with one attached hydrogen (secondary N) is 1. The van der Waals surface area contributed by atoms with Crippen LogP contribution in [0.5, 0.6) is 0 Å². The minimum absolute atomic E-state index is 0.506. The number of amidine groups is 1. The topological polar surface area (TPSA) is 50.4 Å². The van der Waals surface area contributed by atoms with E-state index in [1.165, 1.54) is 11.1 Å². The quantitative estimate of drug-likeness (QED) is 0.584. The van der Waals surface area contributed by atoms with E-state index in [9.17, 15) is 0 Å². The molecule has 1 aromatic rings. The van der Waals surface area contributed by atoms with Crippen molar-refractivity contribution in [3.8, 4) is 0 Å². The van der Waals surface area contributed by atoms with Crippen LogP contribution in [-0.4, -0.2) is 12.9 Å². The van der Waals surface area contributed by atoms with Crippen LogP contribution in [0.25, 0.3) is 0 Å². The largest absolute Gasteiger partial charge is 0.384 e. The Balaban J connectivity index is 2.66. The third-order valence-corrected chi connectivity index (χ3v) is 2.27. The van der Waals surface area contributed by atoms with Gasteiger partial charge in [0.15, 0.2) is 0 Å². The number of hydrogen-bond donors (Lipinski definition) is 2. The molecule has 3 N–H and O–H groups in total. The maximum Gasteiger partial charge on any atom is 0.119 e. The average molecular weight is 203 g/mol. The number of nitrogens with two attached hydrogens (primary N) is 1. The Bertz CT molecular complexity index is 392. The SMILES string of the molecule is CN=C(N)/C=C\Nc1ccc(C)c(C)c1. The normalized spacial score (nSPS) is 12.1. The number of hydrogen-bond acceptors (Lipinski definition) is 2. The summed E-state index contributed by atoms with van der Waals surface area (Å²) in [6.45, 7) is 4.18. The lowest BCUT2D eigenvalue weighted by Gasteiger charge is -2.04. The van der Waals surface area contributed by atoms with E-state index < -0.39 is 0 Å². The third kappa shape index (κ3) is 3.46. The standard InChI is InChI=1S/C12H17N3/c1-9-4-5-11(8-10(9)2)15-7-6-12(13)14-3/h4-8,15H,1-3H3,(H2,13,14)/b7-6-. The summed E-state index contributed by atoms with van der Waals surface area (Å²) in [5.41, 5.74) is 9.13. The lowest BCUT2D eigenvalue weighted by molar-refractivity contribution is 1.34. The van der Waals surface area contributed by atoms with Gasteiger partial charge in [0.2, 0.25) is 0 Å². The van der Waals surface area contributed by atoms with E-state index in [-0.39, 0.29) is 0 Å². The second-order valence-corrected chi connectivity index (χ2v) is 3.43. The van der Waals surface area contributed by atoms with Crippen molar-refractivity contribution in [3.63, 3.8) is 0 Å².